The fourth-order valence-electron chi connectivity index (χ4n) is 3.56. The van der Waals surface area contributed by atoms with Gasteiger partial charge in [-0.25, -0.2) is 0 Å². The number of hydrogen-bond acceptors (Lipinski definition) is 6. The number of rotatable bonds is 11. The zero-order chi connectivity index (χ0) is 19.0. The van der Waals surface area contributed by atoms with Crippen molar-refractivity contribution in [2.24, 2.45) is 17.6 Å². The Hall–Kier alpha value is -0.460. The van der Waals surface area contributed by atoms with E-state index in [4.69, 9.17) is 14.8 Å². The van der Waals surface area contributed by atoms with Gasteiger partial charge < -0.3 is 19.9 Å². The summed E-state index contributed by atoms with van der Waals surface area (Å²) < 4.78 is 22.6. The van der Waals surface area contributed by atoms with Crippen LogP contribution in [0.1, 0.15) is 58.8 Å². The first-order chi connectivity index (χ1) is 11.7. The molecule has 0 aliphatic heterocycles. The standard InChI is InChI=1S/C17H35N2O5P/c1-12(2)10-14(16(18)20)19-15(11-13-8-6-5-7-9-13)17(21)25(22,23-3)24-4/h12-15,17,19,21H,5-11H2,1-4H3,(H2,18,20)/t14-,15-,17?/m0/s1. The molecule has 1 fully saturated rings. The normalized spacial score (nSPS) is 20.4. The van der Waals surface area contributed by atoms with Gasteiger partial charge in [-0.3, -0.25) is 14.7 Å². The smallest absolute Gasteiger partial charge is 0.359 e. The summed E-state index contributed by atoms with van der Waals surface area (Å²) >= 11 is 0. The second-order valence-corrected chi connectivity index (χ2v) is 9.76. The lowest BCUT2D eigenvalue weighted by Gasteiger charge is -2.34. The molecule has 0 aromatic carbocycles. The van der Waals surface area contributed by atoms with Gasteiger partial charge in [-0.1, -0.05) is 46.0 Å². The number of aliphatic hydroxyl groups is 1. The van der Waals surface area contributed by atoms with Crippen LogP contribution in [0.2, 0.25) is 0 Å². The molecule has 0 saturated heterocycles. The van der Waals surface area contributed by atoms with E-state index in [2.05, 4.69) is 5.32 Å². The molecule has 8 heteroatoms. The van der Waals surface area contributed by atoms with E-state index in [1.165, 1.54) is 20.6 Å². The minimum atomic E-state index is -3.68. The highest BCUT2D eigenvalue weighted by atomic mass is 31.2. The maximum absolute atomic E-state index is 12.7. The molecule has 7 nitrogen and oxygen atoms in total. The van der Waals surface area contributed by atoms with Gasteiger partial charge in [0, 0.05) is 20.3 Å². The van der Waals surface area contributed by atoms with Crippen molar-refractivity contribution < 1.29 is 23.5 Å². The van der Waals surface area contributed by atoms with Crippen molar-refractivity contribution in [2.45, 2.75) is 76.7 Å². The number of hydrogen-bond donors (Lipinski definition) is 3. The SMILES string of the molecule is COP(=O)(OC)C(O)[C@H](CC1CCCCC1)N[C@@H](CC(C)C)C(N)=O. The Kier molecular flexibility index (Phi) is 9.60. The number of nitrogens with two attached hydrogens (primary N) is 1. The molecular formula is C17H35N2O5P. The van der Waals surface area contributed by atoms with Gasteiger partial charge in [-0.05, 0) is 24.7 Å². The predicted molar refractivity (Wildman–Crippen MR) is 98.2 cm³/mol. The largest absolute Gasteiger partial charge is 0.379 e. The van der Waals surface area contributed by atoms with Crippen LogP contribution in [0.5, 0.6) is 0 Å². The molecule has 0 radical (unpaired) electrons. The van der Waals surface area contributed by atoms with E-state index in [1.54, 1.807) is 0 Å². The molecule has 3 atom stereocenters. The van der Waals surface area contributed by atoms with Gasteiger partial charge in [-0.2, -0.15) is 0 Å². The third-order valence-electron chi connectivity index (χ3n) is 4.97. The Morgan fingerprint density at radius 3 is 2.24 bits per heavy atom. The van der Waals surface area contributed by atoms with Crippen LogP contribution in [0.25, 0.3) is 0 Å². The molecule has 0 spiro atoms. The van der Waals surface area contributed by atoms with Gasteiger partial charge >= 0.3 is 7.60 Å². The minimum Gasteiger partial charge on any atom is -0.379 e. The third-order valence-corrected chi connectivity index (χ3v) is 7.00. The van der Waals surface area contributed by atoms with Crippen LogP contribution in [0, 0.1) is 11.8 Å². The summed E-state index contributed by atoms with van der Waals surface area (Å²) in [4.78, 5) is 11.8. The van der Waals surface area contributed by atoms with Crippen LogP contribution in [-0.4, -0.2) is 43.2 Å². The van der Waals surface area contributed by atoms with Crippen LogP contribution >= 0.6 is 7.60 Å². The quantitative estimate of drug-likeness (QED) is 0.477. The molecule has 148 valence electrons. The van der Waals surface area contributed by atoms with Crippen LogP contribution in [-0.2, 0) is 18.4 Å². The first kappa shape index (κ1) is 22.6. The van der Waals surface area contributed by atoms with E-state index in [9.17, 15) is 14.5 Å². The lowest BCUT2D eigenvalue weighted by molar-refractivity contribution is -0.120. The monoisotopic (exact) mass is 378 g/mol. The Labute approximate surface area is 151 Å². The van der Waals surface area contributed by atoms with Gasteiger partial charge in [0.15, 0.2) is 5.85 Å². The molecule has 4 N–H and O–H groups in total. The summed E-state index contributed by atoms with van der Waals surface area (Å²) in [7, 11) is -1.17. The Morgan fingerprint density at radius 1 is 1.24 bits per heavy atom. The molecule has 0 aromatic heterocycles. The number of aliphatic hydroxyl groups excluding tert-OH is 1. The van der Waals surface area contributed by atoms with E-state index in [0.717, 1.165) is 25.7 Å². The fraction of sp³-hybridized carbons (Fsp3) is 0.941. The topological polar surface area (TPSA) is 111 Å². The lowest BCUT2D eigenvalue weighted by atomic mass is 9.84. The number of amides is 1. The van der Waals surface area contributed by atoms with E-state index in [-0.39, 0.29) is 5.92 Å². The summed E-state index contributed by atoms with van der Waals surface area (Å²) in [6, 6.07) is -1.17. The molecule has 25 heavy (non-hydrogen) atoms. The van der Waals surface area contributed by atoms with Gasteiger partial charge in [-0.15, -0.1) is 0 Å². The van der Waals surface area contributed by atoms with E-state index in [1.807, 2.05) is 13.8 Å². The maximum atomic E-state index is 12.7. The summed E-state index contributed by atoms with van der Waals surface area (Å²) in [5.41, 5.74) is 5.53. The van der Waals surface area contributed by atoms with Crippen molar-refractivity contribution in [3.8, 4) is 0 Å². The number of primary amides is 1. The molecule has 1 rings (SSSR count). The highest BCUT2D eigenvalue weighted by Gasteiger charge is 2.41. The van der Waals surface area contributed by atoms with E-state index >= 15 is 0 Å². The molecule has 1 aliphatic carbocycles. The van der Waals surface area contributed by atoms with Crippen molar-refractivity contribution in [3.05, 3.63) is 0 Å². The fourth-order valence-corrected chi connectivity index (χ4v) is 4.79. The number of carbonyl (C=O) groups is 1. The van der Waals surface area contributed by atoms with Crippen molar-refractivity contribution in [3.63, 3.8) is 0 Å². The molecule has 1 amide bonds. The van der Waals surface area contributed by atoms with Gasteiger partial charge in [0.1, 0.15) is 0 Å². The minimum absolute atomic E-state index is 0.258. The summed E-state index contributed by atoms with van der Waals surface area (Å²) in [5, 5.41) is 13.8. The molecule has 0 heterocycles. The average Bonchev–Trinajstić information content (AvgIpc) is 2.59. The second kappa shape index (κ2) is 10.6. The number of nitrogens with one attached hydrogen (secondary N) is 1. The summed E-state index contributed by atoms with van der Waals surface area (Å²) in [6.45, 7) is 4.00. The zero-order valence-corrected chi connectivity index (χ0v) is 16.8. The molecule has 0 aromatic rings. The molecule has 0 bridgehead atoms. The second-order valence-electron chi connectivity index (χ2n) is 7.42. The summed E-state index contributed by atoms with van der Waals surface area (Å²) in [5.74, 6) is -1.15. The Bertz CT molecular complexity index is 446. The lowest BCUT2D eigenvalue weighted by Crippen LogP contribution is -2.52. The van der Waals surface area contributed by atoms with E-state index in [0.29, 0.717) is 18.8 Å². The first-order valence-electron chi connectivity index (χ1n) is 9.18. The average molecular weight is 378 g/mol. The van der Waals surface area contributed by atoms with Gasteiger partial charge in [0.2, 0.25) is 5.91 Å². The van der Waals surface area contributed by atoms with E-state index < -0.39 is 31.4 Å². The zero-order valence-electron chi connectivity index (χ0n) is 15.9. The first-order valence-corrected chi connectivity index (χ1v) is 10.8. The highest BCUT2D eigenvalue weighted by Crippen LogP contribution is 2.52. The van der Waals surface area contributed by atoms with Crippen molar-refractivity contribution in [1.29, 1.82) is 0 Å². The Morgan fingerprint density at radius 2 is 1.80 bits per heavy atom. The van der Waals surface area contributed by atoms with Crippen LogP contribution in [0.3, 0.4) is 0 Å². The molecular weight excluding hydrogens is 343 g/mol. The van der Waals surface area contributed by atoms with Crippen LogP contribution in [0.15, 0.2) is 0 Å². The van der Waals surface area contributed by atoms with Gasteiger partial charge in [0.25, 0.3) is 0 Å². The van der Waals surface area contributed by atoms with Crippen molar-refractivity contribution in [2.75, 3.05) is 14.2 Å². The van der Waals surface area contributed by atoms with Crippen LogP contribution < -0.4 is 11.1 Å². The van der Waals surface area contributed by atoms with Crippen LogP contribution in [0.4, 0.5) is 0 Å². The molecule has 1 unspecified atom stereocenters. The van der Waals surface area contributed by atoms with Crippen molar-refractivity contribution >= 4 is 13.5 Å². The highest BCUT2D eigenvalue weighted by molar-refractivity contribution is 7.54. The number of carbonyl (C=O) groups excluding carboxylic acids is 1. The van der Waals surface area contributed by atoms with Gasteiger partial charge in [0.05, 0.1) is 6.04 Å². The third kappa shape index (κ3) is 6.99. The predicted octanol–water partition coefficient (Wildman–Crippen LogP) is 2.62. The Balaban J connectivity index is 2.95. The molecule has 1 aliphatic rings. The summed E-state index contributed by atoms with van der Waals surface area (Å²) in [6.07, 6.45) is 6.84. The van der Waals surface area contributed by atoms with Crippen molar-refractivity contribution in [1.82, 2.24) is 5.32 Å². The maximum Gasteiger partial charge on any atom is 0.359 e. The molecule has 1 saturated carbocycles.